The molecule has 0 atom stereocenters. The second-order valence-electron chi connectivity index (χ2n) is 4.60. The minimum absolute atomic E-state index is 0.0000366. The first-order valence-electron chi connectivity index (χ1n) is 6.15. The van der Waals surface area contributed by atoms with Gasteiger partial charge in [-0.25, -0.2) is 18.2 Å². The lowest BCUT2D eigenvalue weighted by molar-refractivity contribution is 0.212. The van der Waals surface area contributed by atoms with Gasteiger partial charge < -0.3 is 10.2 Å². The molecular formula is C12H17N3O3S. The Bertz CT molecular complexity index is 564. The number of amides is 2. The fraction of sp³-hybridized carbons (Fsp3) is 0.500. The van der Waals surface area contributed by atoms with Crippen LogP contribution in [0.15, 0.2) is 23.4 Å². The third-order valence-corrected chi connectivity index (χ3v) is 3.96. The highest BCUT2D eigenvalue weighted by Gasteiger charge is 2.31. The number of rotatable bonds is 4. The summed E-state index contributed by atoms with van der Waals surface area (Å²) in [5, 5.41) is 2.72. The number of anilines is 1. The molecule has 0 bridgehead atoms. The number of hydrogen-bond donors (Lipinski definition) is 1. The lowest BCUT2D eigenvalue weighted by Crippen LogP contribution is -2.36. The van der Waals surface area contributed by atoms with E-state index >= 15 is 0 Å². The Morgan fingerprint density at radius 2 is 2.16 bits per heavy atom. The second-order valence-corrected chi connectivity index (χ2v) is 6.57. The van der Waals surface area contributed by atoms with Gasteiger partial charge in [0, 0.05) is 18.8 Å². The maximum absolute atomic E-state index is 12.0. The molecule has 7 heteroatoms. The largest absolute Gasteiger partial charge is 0.322 e. The molecule has 19 heavy (non-hydrogen) atoms. The Morgan fingerprint density at radius 3 is 2.58 bits per heavy atom. The number of nitrogens with one attached hydrogen (secondary N) is 1. The summed E-state index contributed by atoms with van der Waals surface area (Å²) in [5.41, 5.74) is 0.497. The van der Waals surface area contributed by atoms with Gasteiger partial charge in [-0.1, -0.05) is 0 Å². The monoisotopic (exact) mass is 283 g/mol. The van der Waals surface area contributed by atoms with Gasteiger partial charge in [0.25, 0.3) is 0 Å². The number of carbonyl (C=O) groups is 1. The van der Waals surface area contributed by atoms with Crippen LogP contribution in [-0.2, 0) is 9.84 Å². The van der Waals surface area contributed by atoms with Crippen LogP contribution in [-0.4, -0.2) is 43.2 Å². The Kier molecular flexibility index (Phi) is 3.75. The SMILES string of the molecule is CCN(C(=O)Nc1ccc(S(C)(=O)=O)nc1)C1CC1. The van der Waals surface area contributed by atoms with Crippen molar-refractivity contribution in [2.24, 2.45) is 0 Å². The zero-order valence-electron chi connectivity index (χ0n) is 11.0. The van der Waals surface area contributed by atoms with E-state index in [-0.39, 0.29) is 11.1 Å². The number of carbonyl (C=O) groups excluding carboxylic acids is 1. The molecule has 0 saturated heterocycles. The molecule has 1 fully saturated rings. The summed E-state index contributed by atoms with van der Waals surface area (Å²) in [7, 11) is -3.31. The number of pyridine rings is 1. The summed E-state index contributed by atoms with van der Waals surface area (Å²) in [6.45, 7) is 2.59. The van der Waals surface area contributed by atoms with Crippen molar-refractivity contribution < 1.29 is 13.2 Å². The lowest BCUT2D eigenvalue weighted by atomic mass is 10.4. The fourth-order valence-electron chi connectivity index (χ4n) is 1.82. The Hall–Kier alpha value is -1.63. The van der Waals surface area contributed by atoms with E-state index in [1.807, 2.05) is 6.92 Å². The molecule has 1 aliphatic carbocycles. The van der Waals surface area contributed by atoms with Gasteiger partial charge in [-0.05, 0) is 31.9 Å². The van der Waals surface area contributed by atoms with Gasteiger partial charge in [-0.2, -0.15) is 0 Å². The van der Waals surface area contributed by atoms with Crippen LogP contribution in [0.1, 0.15) is 19.8 Å². The molecule has 1 saturated carbocycles. The number of hydrogen-bond acceptors (Lipinski definition) is 4. The topological polar surface area (TPSA) is 79.4 Å². The third kappa shape index (κ3) is 3.44. The summed E-state index contributed by atoms with van der Waals surface area (Å²) in [4.78, 5) is 17.6. The van der Waals surface area contributed by atoms with Gasteiger partial charge in [0.1, 0.15) is 0 Å². The third-order valence-electron chi connectivity index (χ3n) is 2.96. The van der Waals surface area contributed by atoms with Crippen LogP contribution < -0.4 is 5.32 Å². The molecule has 0 spiro atoms. The first-order valence-corrected chi connectivity index (χ1v) is 8.04. The van der Waals surface area contributed by atoms with E-state index in [2.05, 4.69) is 10.3 Å². The fourth-order valence-corrected chi connectivity index (χ4v) is 2.38. The van der Waals surface area contributed by atoms with E-state index < -0.39 is 9.84 Å². The standard InChI is InChI=1S/C12H17N3O3S/c1-3-15(10-5-6-10)12(16)14-9-4-7-11(13-8-9)19(2,17)18/h4,7-8,10H,3,5-6H2,1-2H3,(H,14,16). The molecule has 0 unspecified atom stereocenters. The zero-order valence-corrected chi connectivity index (χ0v) is 11.8. The molecular weight excluding hydrogens is 266 g/mol. The quantitative estimate of drug-likeness (QED) is 0.908. The summed E-state index contributed by atoms with van der Waals surface area (Å²) >= 11 is 0. The van der Waals surface area contributed by atoms with Crippen LogP contribution in [0, 0.1) is 0 Å². The number of urea groups is 1. The highest BCUT2D eigenvalue weighted by atomic mass is 32.2. The van der Waals surface area contributed by atoms with Crippen LogP contribution in [0.4, 0.5) is 10.5 Å². The molecule has 0 radical (unpaired) electrons. The van der Waals surface area contributed by atoms with Crippen molar-refractivity contribution in [3.63, 3.8) is 0 Å². The van der Waals surface area contributed by atoms with Gasteiger partial charge in [-0.15, -0.1) is 0 Å². The van der Waals surface area contributed by atoms with E-state index in [4.69, 9.17) is 0 Å². The van der Waals surface area contributed by atoms with Gasteiger partial charge in [0.15, 0.2) is 14.9 Å². The van der Waals surface area contributed by atoms with Crippen molar-refractivity contribution in [1.29, 1.82) is 0 Å². The number of nitrogens with zero attached hydrogens (tertiary/aromatic N) is 2. The minimum atomic E-state index is -3.31. The number of sulfone groups is 1. The van der Waals surface area contributed by atoms with Crippen molar-refractivity contribution in [2.45, 2.75) is 30.8 Å². The zero-order chi connectivity index (χ0) is 14.0. The van der Waals surface area contributed by atoms with Crippen LogP contribution in [0.5, 0.6) is 0 Å². The van der Waals surface area contributed by atoms with Crippen molar-refractivity contribution in [1.82, 2.24) is 9.88 Å². The molecule has 0 aliphatic heterocycles. The molecule has 1 heterocycles. The average Bonchev–Trinajstić information content (AvgIpc) is 3.14. The normalized spacial score (nSPS) is 15.1. The highest BCUT2D eigenvalue weighted by Crippen LogP contribution is 2.27. The van der Waals surface area contributed by atoms with Crippen LogP contribution in [0.3, 0.4) is 0 Å². The smallest absolute Gasteiger partial charge is 0.322 e. The molecule has 2 amide bonds. The second kappa shape index (κ2) is 5.16. The first-order chi connectivity index (χ1) is 8.91. The Labute approximate surface area is 112 Å². The molecule has 104 valence electrons. The van der Waals surface area contributed by atoms with E-state index in [1.165, 1.54) is 12.3 Å². The van der Waals surface area contributed by atoms with Crippen LogP contribution in [0.2, 0.25) is 0 Å². The maximum Gasteiger partial charge on any atom is 0.322 e. The van der Waals surface area contributed by atoms with Gasteiger partial charge >= 0.3 is 6.03 Å². The molecule has 2 rings (SSSR count). The van der Waals surface area contributed by atoms with E-state index in [0.717, 1.165) is 19.1 Å². The van der Waals surface area contributed by atoms with Crippen molar-refractivity contribution in [3.05, 3.63) is 18.3 Å². The van der Waals surface area contributed by atoms with Gasteiger partial charge in [0.2, 0.25) is 0 Å². The molecule has 0 aromatic carbocycles. The maximum atomic E-state index is 12.0. The molecule has 1 aliphatic rings. The predicted octanol–water partition coefficient (Wildman–Crippen LogP) is 1.50. The minimum Gasteiger partial charge on any atom is -0.322 e. The van der Waals surface area contributed by atoms with Crippen molar-refractivity contribution >= 4 is 21.6 Å². The van der Waals surface area contributed by atoms with E-state index in [0.29, 0.717) is 18.3 Å². The summed E-state index contributed by atoms with van der Waals surface area (Å²) in [6, 6.07) is 3.10. The van der Waals surface area contributed by atoms with Crippen molar-refractivity contribution in [2.75, 3.05) is 18.1 Å². The number of aromatic nitrogens is 1. The van der Waals surface area contributed by atoms with Crippen LogP contribution in [0.25, 0.3) is 0 Å². The van der Waals surface area contributed by atoms with Gasteiger partial charge in [-0.3, -0.25) is 0 Å². The van der Waals surface area contributed by atoms with Crippen LogP contribution >= 0.6 is 0 Å². The van der Waals surface area contributed by atoms with E-state index in [9.17, 15) is 13.2 Å². The van der Waals surface area contributed by atoms with E-state index in [1.54, 1.807) is 11.0 Å². The molecule has 1 N–H and O–H groups in total. The van der Waals surface area contributed by atoms with Crippen molar-refractivity contribution in [3.8, 4) is 0 Å². The molecule has 1 aromatic rings. The molecule has 6 nitrogen and oxygen atoms in total. The summed E-state index contributed by atoms with van der Waals surface area (Å²) < 4.78 is 22.5. The van der Waals surface area contributed by atoms with Gasteiger partial charge in [0.05, 0.1) is 11.9 Å². The summed E-state index contributed by atoms with van der Waals surface area (Å²) in [5.74, 6) is 0. The highest BCUT2D eigenvalue weighted by molar-refractivity contribution is 7.90. The first kappa shape index (κ1) is 13.8. The lowest BCUT2D eigenvalue weighted by Gasteiger charge is -2.20. The Morgan fingerprint density at radius 1 is 1.47 bits per heavy atom. The average molecular weight is 283 g/mol. The molecule has 1 aromatic heterocycles. The predicted molar refractivity (Wildman–Crippen MR) is 71.8 cm³/mol. The Balaban J connectivity index is 2.05. The summed E-state index contributed by atoms with van der Waals surface area (Å²) in [6.07, 6.45) is 4.55.